The van der Waals surface area contributed by atoms with Crippen LogP contribution in [0.2, 0.25) is 0 Å². The maximum atomic E-state index is 11.4. The predicted molar refractivity (Wildman–Crippen MR) is 52.9 cm³/mol. The van der Waals surface area contributed by atoms with Crippen LogP contribution in [-0.2, 0) is 0 Å². The lowest BCUT2D eigenvalue weighted by Crippen LogP contribution is -2.25. The molecule has 4 nitrogen and oxygen atoms in total. The maximum Gasteiger partial charge on any atom is 0.252 e. The largest absolute Gasteiger partial charge is 0.347 e. The molecule has 0 heterocycles. The summed E-state index contributed by atoms with van der Waals surface area (Å²) in [7, 11) is 0. The van der Waals surface area contributed by atoms with Crippen molar-refractivity contribution in [2.24, 2.45) is 0 Å². The summed E-state index contributed by atoms with van der Waals surface area (Å²) in [6.45, 7) is 0.173. The highest BCUT2D eigenvalue weighted by Gasteiger charge is 2.08. The minimum Gasteiger partial charge on any atom is -0.347 e. The van der Waals surface area contributed by atoms with E-state index in [1.54, 1.807) is 24.3 Å². The van der Waals surface area contributed by atoms with Gasteiger partial charge in [0, 0.05) is 17.3 Å². The summed E-state index contributed by atoms with van der Waals surface area (Å²) in [5, 5.41) is 9.23. The Morgan fingerprint density at radius 2 is 2.14 bits per heavy atom. The second-order valence-corrected chi connectivity index (χ2v) is 2.62. The van der Waals surface area contributed by atoms with Crippen LogP contribution in [0, 0.1) is 5.41 Å². The molecule has 1 aromatic rings. The first-order chi connectivity index (χ1) is 6.79. The van der Waals surface area contributed by atoms with Crippen LogP contribution in [-0.4, -0.2) is 25.0 Å². The average Bonchev–Trinajstić information content (AvgIpc) is 2.25. The Morgan fingerprint density at radius 3 is 2.79 bits per heavy atom. The molecule has 0 spiro atoms. The van der Waals surface area contributed by atoms with Gasteiger partial charge >= 0.3 is 0 Å². The second-order valence-electron chi connectivity index (χ2n) is 2.62. The third kappa shape index (κ3) is 2.26. The smallest absolute Gasteiger partial charge is 0.252 e. The van der Waals surface area contributed by atoms with Crippen LogP contribution in [0.4, 0.5) is 0 Å². The van der Waals surface area contributed by atoms with Crippen molar-refractivity contribution < 1.29 is 9.59 Å². The molecule has 0 radical (unpaired) electrons. The number of benzene rings is 1. The fourth-order valence-electron chi connectivity index (χ4n) is 1.05. The fraction of sp³-hybridized carbons (Fsp3) is 0.100. The number of rotatable bonds is 4. The molecule has 1 amide bonds. The van der Waals surface area contributed by atoms with Gasteiger partial charge in [0.1, 0.15) is 0 Å². The van der Waals surface area contributed by atoms with Crippen molar-refractivity contribution in [1.82, 2.24) is 5.32 Å². The number of hydrogen-bond acceptors (Lipinski definition) is 3. The van der Waals surface area contributed by atoms with E-state index in [0.717, 1.165) is 6.21 Å². The predicted octanol–water partition coefficient (Wildman–Crippen LogP) is 0.878. The van der Waals surface area contributed by atoms with E-state index in [1.807, 2.05) is 0 Å². The summed E-state index contributed by atoms with van der Waals surface area (Å²) in [4.78, 5) is 22.0. The average molecular weight is 190 g/mol. The molecule has 0 aliphatic rings. The fourth-order valence-corrected chi connectivity index (χ4v) is 1.05. The molecular formula is C10H10N2O2. The molecule has 0 aliphatic heterocycles. The highest BCUT2D eigenvalue weighted by atomic mass is 16.1. The first-order valence-electron chi connectivity index (χ1n) is 4.11. The molecule has 4 heteroatoms. The molecule has 14 heavy (non-hydrogen) atoms. The highest BCUT2D eigenvalue weighted by molar-refractivity contribution is 6.01. The lowest BCUT2D eigenvalue weighted by atomic mass is 10.1. The van der Waals surface area contributed by atoms with Crippen molar-refractivity contribution in [2.45, 2.75) is 0 Å². The van der Waals surface area contributed by atoms with Crippen LogP contribution in [0.15, 0.2) is 24.3 Å². The van der Waals surface area contributed by atoms with Crippen molar-refractivity contribution in [3.05, 3.63) is 35.4 Å². The van der Waals surface area contributed by atoms with E-state index >= 15 is 0 Å². The van der Waals surface area contributed by atoms with E-state index in [9.17, 15) is 9.59 Å². The monoisotopic (exact) mass is 190 g/mol. The van der Waals surface area contributed by atoms with Crippen LogP contribution in [0.5, 0.6) is 0 Å². The Morgan fingerprint density at radius 1 is 1.43 bits per heavy atom. The van der Waals surface area contributed by atoms with Crippen LogP contribution in [0.25, 0.3) is 0 Å². The molecule has 0 fully saturated rings. The Balaban J connectivity index is 2.88. The topological polar surface area (TPSA) is 70.0 Å². The van der Waals surface area contributed by atoms with Crippen LogP contribution < -0.4 is 5.32 Å². The van der Waals surface area contributed by atoms with E-state index in [-0.39, 0.29) is 12.5 Å². The number of carbonyl (C=O) groups excluding carboxylic acids is 2. The van der Waals surface area contributed by atoms with E-state index < -0.39 is 0 Å². The molecule has 1 aromatic carbocycles. The van der Waals surface area contributed by atoms with Crippen LogP contribution >= 0.6 is 0 Å². The number of nitrogens with one attached hydrogen (secondary N) is 2. The molecule has 0 aromatic heterocycles. The van der Waals surface area contributed by atoms with E-state index in [0.29, 0.717) is 17.4 Å². The summed E-state index contributed by atoms with van der Waals surface area (Å²) in [5.74, 6) is -0.337. The molecule has 1 rings (SSSR count). The lowest BCUT2D eigenvalue weighted by molar-refractivity contribution is 0.0954. The van der Waals surface area contributed by atoms with Crippen molar-refractivity contribution in [1.29, 1.82) is 5.41 Å². The normalized spacial score (nSPS) is 9.14. The quantitative estimate of drug-likeness (QED) is 0.546. The van der Waals surface area contributed by atoms with Gasteiger partial charge in [0.2, 0.25) is 0 Å². The first-order valence-corrected chi connectivity index (χ1v) is 4.11. The van der Waals surface area contributed by atoms with Gasteiger partial charge in [-0.25, -0.2) is 0 Å². The van der Waals surface area contributed by atoms with Gasteiger partial charge in [0.25, 0.3) is 5.91 Å². The summed E-state index contributed by atoms with van der Waals surface area (Å²) in [5.41, 5.74) is 0.694. The summed E-state index contributed by atoms with van der Waals surface area (Å²) >= 11 is 0. The maximum absolute atomic E-state index is 11.4. The third-order valence-corrected chi connectivity index (χ3v) is 1.70. The van der Waals surface area contributed by atoms with Crippen molar-refractivity contribution in [2.75, 3.05) is 6.54 Å². The number of hydrogen-bond donors (Lipinski definition) is 2. The molecule has 0 unspecified atom stereocenters. The number of aldehydes is 1. The van der Waals surface area contributed by atoms with Crippen LogP contribution in [0.3, 0.4) is 0 Å². The zero-order valence-electron chi connectivity index (χ0n) is 7.49. The SMILES string of the molecule is N=CCNC(=O)c1ccccc1C=O. The van der Waals surface area contributed by atoms with E-state index in [2.05, 4.69) is 5.32 Å². The van der Waals surface area contributed by atoms with Crippen molar-refractivity contribution >= 4 is 18.4 Å². The zero-order valence-corrected chi connectivity index (χ0v) is 7.49. The Bertz CT molecular complexity index is 361. The van der Waals surface area contributed by atoms with Gasteiger partial charge in [0.15, 0.2) is 6.29 Å². The van der Waals surface area contributed by atoms with Crippen molar-refractivity contribution in [3.8, 4) is 0 Å². The third-order valence-electron chi connectivity index (χ3n) is 1.70. The summed E-state index contributed by atoms with van der Waals surface area (Å²) in [6, 6.07) is 6.53. The summed E-state index contributed by atoms with van der Waals surface area (Å²) in [6.07, 6.45) is 1.72. The first kappa shape index (κ1) is 10.1. The van der Waals surface area contributed by atoms with Gasteiger partial charge in [-0.2, -0.15) is 0 Å². The van der Waals surface area contributed by atoms with E-state index in [4.69, 9.17) is 5.41 Å². The molecule has 0 aliphatic carbocycles. The highest BCUT2D eigenvalue weighted by Crippen LogP contribution is 2.05. The minimum atomic E-state index is -0.337. The number of amides is 1. The molecular weight excluding hydrogens is 180 g/mol. The zero-order chi connectivity index (χ0) is 10.4. The Kier molecular flexibility index (Phi) is 3.55. The summed E-state index contributed by atoms with van der Waals surface area (Å²) < 4.78 is 0. The Hall–Kier alpha value is -1.97. The minimum absolute atomic E-state index is 0.173. The van der Waals surface area contributed by atoms with Gasteiger partial charge in [-0.3, -0.25) is 9.59 Å². The molecule has 0 saturated carbocycles. The van der Waals surface area contributed by atoms with E-state index in [1.165, 1.54) is 0 Å². The van der Waals surface area contributed by atoms with Gasteiger partial charge in [-0.15, -0.1) is 0 Å². The second kappa shape index (κ2) is 4.91. The lowest BCUT2D eigenvalue weighted by Gasteiger charge is -2.03. The Labute approximate surface area is 81.4 Å². The number of carbonyl (C=O) groups is 2. The molecule has 72 valence electrons. The van der Waals surface area contributed by atoms with Gasteiger partial charge in [0.05, 0.1) is 6.54 Å². The van der Waals surface area contributed by atoms with Gasteiger partial charge < -0.3 is 10.7 Å². The molecule has 0 bridgehead atoms. The van der Waals surface area contributed by atoms with Gasteiger partial charge in [-0.1, -0.05) is 18.2 Å². The molecule has 2 N–H and O–H groups in total. The van der Waals surface area contributed by atoms with Gasteiger partial charge in [-0.05, 0) is 6.07 Å². The van der Waals surface area contributed by atoms with Crippen molar-refractivity contribution in [3.63, 3.8) is 0 Å². The molecule has 0 atom stereocenters. The van der Waals surface area contributed by atoms with Crippen LogP contribution in [0.1, 0.15) is 20.7 Å². The standard InChI is InChI=1S/C10H10N2O2/c11-5-6-12-10(14)9-4-2-1-3-8(9)7-13/h1-5,7,11H,6H2,(H,12,14). The molecule has 0 saturated heterocycles.